The highest BCUT2D eigenvalue weighted by Gasteiger charge is 2.27. The number of hydrogen-bond acceptors (Lipinski definition) is 6. The lowest BCUT2D eigenvalue weighted by Gasteiger charge is -2.22. The minimum Gasteiger partial charge on any atom is -0.480 e. The zero-order valence-corrected chi connectivity index (χ0v) is 23.1. The summed E-state index contributed by atoms with van der Waals surface area (Å²) in [7, 11) is 0. The number of carbonyl (C=O) groups is 1. The number of aromatic nitrogens is 4. The smallest absolute Gasteiger partial charge is 0.328 e. The van der Waals surface area contributed by atoms with Crippen LogP contribution in [-0.4, -0.2) is 35.4 Å². The standard InChI is InChI=1S/C14H16ClN3O3.C10H8BrClN2O.CH4/c1-4-8-6-11(19)18-7-9(5-10(15)12(18)16-8)17-14(2,3)13(20)21;1-2-7-4-9(15)14-5-6(11)3-8(12)10(14)13-7;/h5-7,17H,4H2,1-3H3,(H,20,21);3-5H,2H2,1H3;1H4. The van der Waals surface area contributed by atoms with E-state index in [2.05, 4.69) is 31.2 Å². The van der Waals surface area contributed by atoms with Crippen LogP contribution in [0.4, 0.5) is 5.69 Å². The largest absolute Gasteiger partial charge is 0.480 e. The van der Waals surface area contributed by atoms with E-state index < -0.39 is 11.5 Å². The lowest BCUT2D eigenvalue weighted by atomic mass is 10.1. The van der Waals surface area contributed by atoms with Gasteiger partial charge in [-0.05, 0) is 54.8 Å². The summed E-state index contributed by atoms with van der Waals surface area (Å²) in [6.45, 7) is 6.89. The van der Waals surface area contributed by atoms with E-state index in [1.165, 1.54) is 41.0 Å². The maximum atomic E-state index is 12.1. The van der Waals surface area contributed by atoms with Gasteiger partial charge in [0, 0.05) is 40.4 Å². The number of halogens is 3. The van der Waals surface area contributed by atoms with Gasteiger partial charge in [-0.25, -0.2) is 14.8 Å². The molecule has 12 heteroatoms. The van der Waals surface area contributed by atoms with Gasteiger partial charge in [0.15, 0.2) is 11.3 Å². The Hall–Kier alpha value is -2.95. The van der Waals surface area contributed by atoms with Crippen molar-refractivity contribution in [2.45, 2.75) is 53.5 Å². The average Bonchev–Trinajstić information content (AvgIpc) is 2.80. The molecule has 0 spiro atoms. The minimum atomic E-state index is -1.18. The molecule has 0 fully saturated rings. The first-order valence-electron chi connectivity index (χ1n) is 11.0. The number of pyridine rings is 2. The Morgan fingerprint density at radius 2 is 1.41 bits per heavy atom. The Labute approximate surface area is 232 Å². The molecule has 0 bridgehead atoms. The van der Waals surface area contributed by atoms with E-state index in [-0.39, 0.29) is 23.6 Å². The second-order valence-corrected chi connectivity index (χ2v) is 10.1. The van der Waals surface area contributed by atoms with Crippen LogP contribution in [0.15, 0.2) is 50.7 Å². The molecule has 0 amide bonds. The molecule has 0 aliphatic carbocycles. The number of fused-ring (bicyclic) bond motifs is 2. The molecule has 0 saturated carbocycles. The van der Waals surface area contributed by atoms with E-state index in [4.69, 9.17) is 28.3 Å². The van der Waals surface area contributed by atoms with Gasteiger partial charge in [-0.1, -0.05) is 44.5 Å². The van der Waals surface area contributed by atoms with Crippen molar-refractivity contribution in [1.29, 1.82) is 0 Å². The Morgan fingerprint density at radius 3 is 1.86 bits per heavy atom. The van der Waals surface area contributed by atoms with E-state index in [1.54, 1.807) is 18.3 Å². The first kappa shape index (κ1) is 30.3. The number of hydrogen-bond donors (Lipinski definition) is 2. The van der Waals surface area contributed by atoms with E-state index >= 15 is 0 Å². The van der Waals surface area contributed by atoms with Gasteiger partial charge in [0.2, 0.25) is 0 Å². The molecular formula is C25H28BrCl2N5O4. The number of aliphatic carboxylic acids is 1. The van der Waals surface area contributed by atoms with Crippen LogP contribution in [-0.2, 0) is 17.6 Å². The molecule has 0 radical (unpaired) electrons. The zero-order chi connectivity index (χ0) is 26.8. The van der Waals surface area contributed by atoms with Gasteiger partial charge in [0.05, 0.1) is 15.7 Å². The quantitative estimate of drug-likeness (QED) is 0.306. The predicted molar refractivity (Wildman–Crippen MR) is 151 cm³/mol. The molecule has 198 valence electrons. The molecule has 0 saturated heterocycles. The fourth-order valence-electron chi connectivity index (χ4n) is 3.23. The normalized spacial score (nSPS) is 11.0. The van der Waals surface area contributed by atoms with Crippen molar-refractivity contribution in [3.63, 3.8) is 0 Å². The van der Waals surface area contributed by atoms with Crippen LogP contribution in [0.1, 0.15) is 46.5 Å². The summed E-state index contributed by atoms with van der Waals surface area (Å²) < 4.78 is 3.50. The fourth-order valence-corrected chi connectivity index (χ4v) is 4.30. The van der Waals surface area contributed by atoms with Crippen molar-refractivity contribution < 1.29 is 9.90 Å². The molecule has 0 atom stereocenters. The average molecular weight is 613 g/mol. The van der Waals surface area contributed by atoms with Crippen LogP contribution in [0.25, 0.3) is 11.3 Å². The Morgan fingerprint density at radius 1 is 0.946 bits per heavy atom. The number of anilines is 1. The first-order chi connectivity index (χ1) is 16.9. The molecule has 9 nitrogen and oxygen atoms in total. The van der Waals surface area contributed by atoms with E-state index in [9.17, 15) is 14.4 Å². The van der Waals surface area contributed by atoms with Crippen molar-refractivity contribution in [3.05, 3.63) is 83.3 Å². The molecule has 4 rings (SSSR count). The van der Waals surface area contributed by atoms with Crippen LogP contribution >= 0.6 is 39.1 Å². The predicted octanol–water partition coefficient (Wildman–Crippen LogP) is 5.49. The number of carboxylic acid groups (broad SMARTS) is 1. The minimum absolute atomic E-state index is 0. The summed E-state index contributed by atoms with van der Waals surface area (Å²) in [5.41, 5.74) is 1.17. The lowest BCUT2D eigenvalue weighted by Crippen LogP contribution is -2.40. The lowest BCUT2D eigenvalue weighted by molar-refractivity contribution is -0.141. The molecule has 37 heavy (non-hydrogen) atoms. The van der Waals surface area contributed by atoms with Crippen LogP contribution in [0, 0.1) is 0 Å². The molecule has 4 aromatic heterocycles. The van der Waals surface area contributed by atoms with Crippen LogP contribution in [0.3, 0.4) is 0 Å². The maximum absolute atomic E-state index is 12.1. The molecule has 0 aromatic carbocycles. The number of nitrogens with one attached hydrogen (secondary N) is 1. The van der Waals surface area contributed by atoms with Crippen molar-refractivity contribution in [1.82, 2.24) is 18.8 Å². The third kappa shape index (κ3) is 6.88. The highest BCUT2D eigenvalue weighted by molar-refractivity contribution is 9.10. The van der Waals surface area contributed by atoms with Crippen LogP contribution in [0.5, 0.6) is 0 Å². The molecule has 0 aliphatic rings. The monoisotopic (exact) mass is 611 g/mol. The first-order valence-corrected chi connectivity index (χ1v) is 12.5. The van der Waals surface area contributed by atoms with Gasteiger partial charge in [-0.2, -0.15) is 0 Å². The van der Waals surface area contributed by atoms with Gasteiger partial charge in [0.25, 0.3) is 11.1 Å². The summed E-state index contributed by atoms with van der Waals surface area (Å²) in [5.74, 6) is -1.01. The number of rotatable bonds is 5. The molecule has 4 aromatic rings. The number of aryl methyl sites for hydroxylation is 2. The van der Waals surface area contributed by atoms with E-state index in [0.717, 1.165) is 16.6 Å². The van der Waals surface area contributed by atoms with Crippen molar-refractivity contribution in [2.24, 2.45) is 0 Å². The SMILES string of the molecule is C.CCc1cc(=O)n2cc(Br)cc(Cl)c2n1.CCc1cc(=O)n2cc(NC(C)(C)C(=O)O)cc(Cl)c2n1. The van der Waals surface area contributed by atoms with E-state index in [1.807, 2.05) is 13.8 Å². The third-order valence-electron chi connectivity index (χ3n) is 5.22. The zero-order valence-electron chi connectivity index (χ0n) is 20.0. The second-order valence-electron chi connectivity index (χ2n) is 8.40. The summed E-state index contributed by atoms with van der Waals surface area (Å²) in [6.07, 6.45) is 4.52. The maximum Gasteiger partial charge on any atom is 0.328 e. The van der Waals surface area contributed by atoms with Crippen molar-refractivity contribution in [3.8, 4) is 0 Å². The van der Waals surface area contributed by atoms with Gasteiger partial charge < -0.3 is 10.4 Å². The summed E-state index contributed by atoms with van der Waals surface area (Å²) in [6, 6.07) is 6.25. The Kier molecular flexibility index (Phi) is 9.87. The van der Waals surface area contributed by atoms with Gasteiger partial charge >= 0.3 is 5.97 Å². The Balaban J connectivity index is 0.000000266. The number of nitrogens with zero attached hydrogens (tertiary/aromatic N) is 4. The molecular weight excluding hydrogens is 585 g/mol. The van der Waals surface area contributed by atoms with Crippen LogP contribution in [0.2, 0.25) is 10.0 Å². The van der Waals surface area contributed by atoms with Gasteiger partial charge in [0.1, 0.15) is 5.54 Å². The fraction of sp³-hybridized carbons (Fsp3) is 0.320. The highest BCUT2D eigenvalue weighted by Crippen LogP contribution is 2.23. The highest BCUT2D eigenvalue weighted by atomic mass is 79.9. The third-order valence-corrected chi connectivity index (χ3v) is 6.21. The summed E-state index contributed by atoms with van der Waals surface area (Å²) in [5, 5.41) is 12.7. The molecule has 4 heterocycles. The Bertz CT molecular complexity index is 1580. The van der Waals surface area contributed by atoms with Crippen LogP contribution < -0.4 is 16.4 Å². The van der Waals surface area contributed by atoms with E-state index in [0.29, 0.717) is 34.1 Å². The summed E-state index contributed by atoms with van der Waals surface area (Å²) in [4.78, 5) is 43.6. The van der Waals surface area contributed by atoms with Gasteiger partial charge in [-0.3, -0.25) is 18.4 Å². The topological polar surface area (TPSA) is 118 Å². The van der Waals surface area contributed by atoms with Crippen molar-refractivity contribution >= 4 is 62.1 Å². The second kappa shape index (κ2) is 12.1. The molecule has 0 aliphatic heterocycles. The molecule has 0 unspecified atom stereocenters. The van der Waals surface area contributed by atoms with Gasteiger partial charge in [-0.15, -0.1) is 0 Å². The summed E-state index contributed by atoms with van der Waals surface area (Å²) >= 11 is 15.5. The number of carboxylic acids is 1. The van der Waals surface area contributed by atoms with Crippen molar-refractivity contribution in [2.75, 3.05) is 5.32 Å². The molecule has 2 N–H and O–H groups in total.